The van der Waals surface area contributed by atoms with Gasteiger partial charge < -0.3 is 24.1 Å². The summed E-state index contributed by atoms with van der Waals surface area (Å²) in [6, 6.07) is 20.5. The highest BCUT2D eigenvalue weighted by atomic mass is 19.1. The van der Waals surface area contributed by atoms with Crippen molar-refractivity contribution < 1.29 is 33.2 Å². The Morgan fingerprint density at radius 3 is 2.43 bits per heavy atom. The lowest BCUT2D eigenvalue weighted by Gasteiger charge is -2.29. The molecule has 2 aliphatic rings. The third kappa shape index (κ3) is 9.23. The smallest absolute Gasteiger partial charge is 0.337 e. The zero-order valence-corrected chi connectivity index (χ0v) is 30.0. The fourth-order valence-corrected chi connectivity index (χ4v) is 6.89. The van der Waals surface area contributed by atoms with Crippen LogP contribution in [0.5, 0.6) is 11.5 Å². The molecule has 0 bridgehead atoms. The number of allylic oxidation sites excluding steroid dienone is 1. The van der Waals surface area contributed by atoms with Crippen molar-refractivity contribution in [3.8, 4) is 33.8 Å². The molecule has 268 valence electrons. The van der Waals surface area contributed by atoms with E-state index in [9.17, 15) is 14.3 Å². The van der Waals surface area contributed by atoms with E-state index in [0.717, 1.165) is 90.1 Å². The Bertz CT molecular complexity index is 1840. The number of aliphatic carboxylic acids is 1. The van der Waals surface area contributed by atoms with Gasteiger partial charge in [0.05, 0.1) is 24.5 Å². The van der Waals surface area contributed by atoms with Gasteiger partial charge in [0.25, 0.3) is 0 Å². The molecule has 1 fully saturated rings. The molecule has 3 aromatic carbocycles. The van der Waals surface area contributed by atoms with E-state index in [1.54, 1.807) is 12.1 Å². The van der Waals surface area contributed by atoms with E-state index in [1.807, 2.05) is 64.1 Å². The molecular weight excluding hydrogens is 645 g/mol. The number of pyridine rings is 1. The molecule has 0 unspecified atom stereocenters. The summed E-state index contributed by atoms with van der Waals surface area (Å²) in [5.74, 6) is 0.769. The summed E-state index contributed by atoms with van der Waals surface area (Å²) in [6.45, 7) is 10.2. The highest BCUT2D eigenvalue weighted by molar-refractivity contribution is 5.93. The summed E-state index contributed by atoms with van der Waals surface area (Å²) in [5.41, 5.74) is 6.63. The highest BCUT2D eigenvalue weighted by Crippen LogP contribution is 2.45. The molecule has 0 radical (unpaired) electrons. The molecule has 0 amide bonds. The number of fused-ring (bicyclic) bond motifs is 1. The van der Waals surface area contributed by atoms with E-state index < -0.39 is 17.7 Å². The van der Waals surface area contributed by atoms with Gasteiger partial charge in [-0.3, -0.25) is 4.98 Å². The summed E-state index contributed by atoms with van der Waals surface area (Å²) >= 11 is 0. The van der Waals surface area contributed by atoms with Crippen LogP contribution >= 0.6 is 0 Å². The molecule has 8 heteroatoms. The van der Waals surface area contributed by atoms with Crippen LogP contribution in [0.4, 0.5) is 4.39 Å². The van der Waals surface area contributed by atoms with Gasteiger partial charge in [0.2, 0.25) is 0 Å². The lowest BCUT2D eigenvalue weighted by Crippen LogP contribution is -2.28. The quantitative estimate of drug-likeness (QED) is 0.158. The Labute approximate surface area is 300 Å². The first kappa shape index (κ1) is 36.3. The van der Waals surface area contributed by atoms with Crippen molar-refractivity contribution in [2.75, 3.05) is 26.4 Å². The third-order valence-corrected chi connectivity index (χ3v) is 9.41. The molecule has 0 aliphatic carbocycles. The van der Waals surface area contributed by atoms with Crippen molar-refractivity contribution in [3.05, 3.63) is 107 Å². The molecule has 1 atom stereocenters. The van der Waals surface area contributed by atoms with Crippen LogP contribution in [0.1, 0.15) is 80.6 Å². The summed E-state index contributed by atoms with van der Waals surface area (Å²) < 4.78 is 37.3. The summed E-state index contributed by atoms with van der Waals surface area (Å²) in [6.07, 6.45) is 8.41. The van der Waals surface area contributed by atoms with E-state index in [1.165, 1.54) is 12.1 Å². The molecule has 1 aromatic heterocycles. The lowest BCUT2D eigenvalue weighted by molar-refractivity contribution is -0.160. The number of halogens is 1. The molecule has 1 saturated heterocycles. The van der Waals surface area contributed by atoms with Gasteiger partial charge in [0.15, 0.2) is 6.10 Å². The Morgan fingerprint density at radius 1 is 1.00 bits per heavy atom. The van der Waals surface area contributed by atoms with Crippen molar-refractivity contribution in [3.63, 3.8) is 0 Å². The second kappa shape index (κ2) is 16.2. The Morgan fingerprint density at radius 2 is 1.73 bits per heavy atom. The van der Waals surface area contributed by atoms with E-state index >= 15 is 0 Å². The van der Waals surface area contributed by atoms with Crippen molar-refractivity contribution in [1.82, 2.24) is 4.98 Å². The lowest BCUT2D eigenvalue weighted by atomic mass is 9.85. The van der Waals surface area contributed by atoms with Gasteiger partial charge in [-0.2, -0.15) is 0 Å². The summed E-state index contributed by atoms with van der Waals surface area (Å²) in [5, 5.41) is 10.7. The number of carboxylic acid groups (broad SMARTS) is 1. The fourth-order valence-electron chi connectivity index (χ4n) is 6.89. The maximum absolute atomic E-state index is 13.4. The van der Waals surface area contributed by atoms with Crippen LogP contribution in [-0.4, -0.2) is 48.1 Å². The second-order valence-electron chi connectivity index (χ2n) is 14.4. The maximum Gasteiger partial charge on any atom is 0.337 e. The average Bonchev–Trinajstić information content (AvgIpc) is 3.11. The van der Waals surface area contributed by atoms with Crippen LogP contribution in [0, 0.1) is 18.7 Å². The third-order valence-electron chi connectivity index (χ3n) is 9.41. The zero-order valence-electron chi connectivity index (χ0n) is 30.0. The first-order chi connectivity index (χ1) is 24.6. The van der Waals surface area contributed by atoms with E-state index in [0.29, 0.717) is 42.6 Å². The monoisotopic (exact) mass is 693 g/mol. The number of nitrogens with zero attached hydrogens (tertiary/aromatic N) is 1. The Hall–Kier alpha value is -4.53. The van der Waals surface area contributed by atoms with Crippen LogP contribution in [0.25, 0.3) is 28.3 Å². The van der Waals surface area contributed by atoms with Gasteiger partial charge >= 0.3 is 5.97 Å². The number of benzene rings is 3. The molecular formula is C43H48FNO6. The van der Waals surface area contributed by atoms with Gasteiger partial charge in [0.1, 0.15) is 17.3 Å². The van der Waals surface area contributed by atoms with Crippen molar-refractivity contribution in [2.45, 2.75) is 77.9 Å². The van der Waals surface area contributed by atoms with Crippen molar-refractivity contribution in [1.29, 1.82) is 0 Å². The largest absolute Gasteiger partial charge is 0.493 e. The highest BCUT2D eigenvalue weighted by Gasteiger charge is 2.34. The van der Waals surface area contributed by atoms with Crippen molar-refractivity contribution >= 4 is 12.0 Å². The Kier molecular flexibility index (Phi) is 11.5. The van der Waals surface area contributed by atoms with Crippen LogP contribution < -0.4 is 9.47 Å². The van der Waals surface area contributed by atoms with E-state index in [2.05, 4.69) is 18.2 Å². The SMILES string of the molecule is Cc1nc(C=CCC2CCOCC2)c(-c2ccc(OCCc3ccc(F)cc3)cc2)c(-c2ccc3c(c2)CCCO3)c1[C@H](OC(C)(C)C)C(=O)O. The van der Waals surface area contributed by atoms with Gasteiger partial charge in [0, 0.05) is 36.5 Å². The standard InChI is InChI=1S/C43H48FNO6/c1-28-38(41(42(46)47)51-43(2,3)4)40(33-14-19-37-32(27-33)8-6-23-50-37)39(36(45-28)9-5-7-29-20-24-48-25-21-29)31-12-17-35(18-13-31)49-26-22-30-10-15-34(44)16-11-30/h5,9-19,27,29,41H,6-8,20-26H2,1-4H3,(H,46,47)/t41-/m0/s1. The van der Waals surface area contributed by atoms with Crippen LogP contribution in [0.3, 0.4) is 0 Å². The number of carbonyl (C=O) groups is 1. The predicted molar refractivity (Wildman–Crippen MR) is 198 cm³/mol. The topological polar surface area (TPSA) is 87.1 Å². The molecule has 51 heavy (non-hydrogen) atoms. The van der Waals surface area contributed by atoms with Gasteiger partial charge in [-0.25, -0.2) is 9.18 Å². The normalized spacial score (nSPS) is 15.7. The predicted octanol–water partition coefficient (Wildman–Crippen LogP) is 9.58. The van der Waals surface area contributed by atoms with Crippen LogP contribution in [0.2, 0.25) is 0 Å². The fraction of sp³-hybridized carbons (Fsp3) is 0.395. The van der Waals surface area contributed by atoms with E-state index in [4.69, 9.17) is 23.9 Å². The minimum atomic E-state index is -1.26. The van der Waals surface area contributed by atoms with Gasteiger partial charge in [-0.15, -0.1) is 0 Å². The van der Waals surface area contributed by atoms with Gasteiger partial charge in [-0.05, 0) is 136 Å². The molecule has 3 heterocycles. The van der Waals surface area contributed by atoms with E-state index in [-0.39, 0.29) is 5.82 Å². The number of rotatable bonds is 12. The van der Waals surface area contributed by atoms with Gasteiger partial charge in [-0.1, -0.05) is 36.4 Å². The number of ether oxygens (including phenoxy) is 4. The number of aryl methyl sites for hydroxylation is 2. The summed E-state index contributed by atoms with van der Waals surface area (Å²) in [7, 11) is 0. The van der Waals surface area contributed by atoms with Crippen LogP contribution in [0.15, 0.2) is 72.8 Å². The number of hydrogen-bond acceptors (Lipinski definition) is 6. The first-order valence-corrected chi connectivity index (χ1v) is 18.0. The molecule has 2 aliphatic heterocycles. The number of carboxylic acids is 1. The molecule has 6 rings (SSSR count). The number of hydrogen-bond donors (Lipinski definition) is 1. The molecule has 7 nitrogen and oxygen atoms in total. The maximum atomic E-state index is 13.4. The molecule has 1 N–H and O–H groups in total. The summed E-state index contributed by atoms with van der Waals surface area (Å²) in [4.78, 5) is 18.2. The first-order valence-electron chi connectivity index (χ1n) is 18.0. The second-order valence-corrected chi connectivity index (χ2v) is 14.4. The van der Waals surface area contributed by atoms with Crippen molar-refractivity contribution in [2.24, 2.45) is 5.92 Å². The molecule has 4 aromatic rings. The minimum absolute atomic E-state index is 0.260. The zero-order chi connectivity index (χ0) is 36.0. The van der Waals surface area contributed by atoms with Crippen LogP contribution in [-0.2, 0) is 27.1 Å². The number of aromatic nitrogens is 1. The average molecular weight is 694 g/mol. The minimum Gasteiger partial charge on any atom is -0.493 e. The molecule has 0 spiro atoms. The Balaban J connectivity index is 1.47. The molecule has 0 saturated carbocycles.